The van der Waals surface area contributed by atoms with Crippen molar-refractivity contribution in [2.24, 2.45) is 0 Å². The number of aromatic nitrogens is 1. The average Bonchev–Trinajstić information content (AvgIpc) is 3.52. The van der Waals surface area contributed by atoms with Crippen LogP contribution in [0.2, 0.25) is 0 Å². The maximum atomic E-state index is 10.6. The zero-order chi connectivity index (χ0) is 34.1. The van der Waals surface area contributed by atoms with Gasteiger partial charge in [0.15, 0.2) is 8.07 Å². The van der Waals surface area contributed by atoms with Crippen molar-refractivity contribution in [1.29, 1.82) is 15.8 Å². The van der Waals surface area contributed by atoms with E-state index >= 15 is 0 Å². The molecule has 0 aliphatic carbocycles. The van der Waals surface area contributed by atoms with Crippen LogP contribution in [0, 0.1) is 34.0 Å². The molecule has 5 heteroatoms. The molecule has 0 unspecified atom stereocenters. The van der Waals surface area contributed by atoms with Crippen LogP contribution >= 0.6 is 0 Å². The number of fused-ring (bicyclic) bond motifs is 3. The minimum absolute atomic E-state index is 0.509. The summed E-state index contributed by atoms with van der Waals surface area (Å²) in [5, 5.41) is 37.6. The van der Waals surface area contributed by atoms with Crippen LogP contribution in [0.15, 0.2) is 170 Å². The fourth-order valence-corrected chi connectivity index (χ4v) is 12.4. The molecule has 0 spiro atoms. The number of nitrogens with zero attached hydrogens (tertiary/aromatic N) is 4. The summed E-state index contributed by atoms with van der Waals surface area (Å²) in [5.41, 5.74) is 5.88. The second-order valence-electron chi connectivity index (χ2n) is 12.3. The van der Waals surface area contributed by atoms with Gasteiger partial charge < -0.3 is 4.57 Å². The molecule has 0 saturated heterocycles. The predicted octanol–water partition coefficient (Wildman–Crippen LogP) is 7.44. The lowest BCUT2D eigenvalue weighted by molar-refractivity contribution is 1.18. The summed E-state index contributed by atoms with van der Waals surface area (Å²) in [6.07, 6.45) is 0. The van der Waals surface area contributed by atoms with E-state index in [1.807, 2.05) is 78.9 Å². The molecule has 0 N–H and O–H groups in total. The lowest BCUT2D eigenvalue weighted by Crippen LogP contribution is -2.74. The Morgan fingerprint density at radius 1 is 0.420 bits per heavy atom. The zero-order valence-electron chi connectivity index (χ0n) is 27.0. The molecule has 4 nitrogen and oxygen atoms in total. The smallest absolute Gasteiger partial charge is 0.179 e. The Bertz CT molecular complexity index is 2580. The highest BCUT2D eigenvalue weighted by molar-refractivity contribution is 7.19. The van der Waals surface area contributed by atoms with Gasteiger partial charge in [0.25, 0.3) is 0 Å². The van der Waals surface area contributed by atoms with Gasteiger partial charge in [-0.25, -0.2) is 0 Å². The first kappa shape index (κ1) is 30.4. The molecule has 1 heterocycles. The summed E-state index contributed by atoms with van der Waals surface area (Å²) in [5.74, 6) is 0. The van der Waals surface area contributed by atoms with Crippen molar-refractivity contribution in [3.63, 3.8) is 0 Å². The minimum atomic E-state index is -2.99. The average molecular weight is 653 g/mol. The molecule has 0 aliphatic heterocycles. The topological polar surface area (TPSA) is 76.3 Å². The molecular formula is C45H28N4Si. The van der Waals surface area contributed by atoms with Gasteiger partial charge in [0.2, 0.25) is 0 Å². The van der Waals surface area contributed by atoms with E-state index in [0.717, 1.165) is 43.8 Å². The summed E-state index contributed by atoms with van der Waals surface area (Å²) in [6, 6.07) is 64.9. The Hall–Kier alpha value is -6.97. The standard InChI is InChI=1S/C45H28N4Si/c46-29-32-23-24-43-41(27-32)40-20-10-11-21-42(40)49(43)44-22-12-13-34(31-48)45(44)35-25-33(30-47)26-39(28-35)50(36-14-4-1-5-15-36,37-16-6-2-7-17-37)38-18-8-3-9-19-38/h1-28H. The Morgan fingerprint density at radius 2 is 1.00 bits per heavy atom. The lowest BCUT2D eigenvalue weighted by atomic mass is 9.96. The highest BCUT2D eigenvalue weighted by atomic mass is 28.3. The van der Waals surface area contributed by atoms with Crippen LogP contribution in [0.5, 0.6) is 0 Å². The van der Waals surface area contributed by atoms with Crippen molar-refractivity contribution in [2.45, 2.75) is 0 Å². The van der Waals surface area contributed by atoms with Crippen molar-refractivity contribution in [3.8, 4) is 35.0 Å². The molecule has 0 fully saturated rings. The molecule has 232 valence electrons. The van der Waals surface area contributed by atoms with E-state index in [0.29, 0.717) is 16.7 Å². The Balaban J connectivity index is 1.49. The molecule has 1 aromatic heterocycles. The summed E-state index contributed by atoms with van der Waals surface area (Å²) in [4.78, 5) is 0. The van der Waals surface area contributed by atoms with E-state index in [1.54, 1.807) is 0 Å². The molecular weight excluding hydrogens is 625 g/mol. The van der Waals surface area contributed by atoms with Crippen molar-refractivity contribution in [1.82, 2.24) is 4.57 Å². The molecule has 0 atom stereocenters. The van der Waals surface area contributed by atoms with Crippen LogP contribution in [0.25, 0.3) is 38.6 Å². The molecule has 7 aromatic carbocycles. The predicted molar refractivity (Wildman–Crippen MR) is 204 cm³/mol. The number of para-hydroxylation sites is 1. The first-order valence-corrected chi connectivity index (χ1v) is 18.4. The quantitative estimate of drug-likeness (QED) is 0.138. The molecule has 8 rings (SSSR count). The van der Waals surface area contributed by atoms with E-state index in [1.165, 1.54) is 15.6 Å². The number of benzene rings is 7. The third kappa shape index (κ3) is 4.80. The SMILES string of the molecule is N#Cc1cc(-c2c(C#N)cccc2-n2c3ccccc3c3cc(C#N)ccc32)cc([Si](c2ccccc2)(c2ccccc2)c2ccccc2)c1. The van der Waals surface area contributed by atoms with Crippen molar-refractivity contribution in [2.75, 3.05) is 0 Å². The van der Waals surface area contributed by atoms with Gasteiger partial charge in [-0.05, 0) is 74.8 Å². The second kappa shape index (κ2) is 12.6. The fourth-order valence-electron chi connectivity index (χ4n) is 7.54. The van der Waals surface area contributed by atoms with Crippen LogP contribution in [-0.4, -0.2) is 12.6 Å². The molecule has 0 saturated carbocycles. The largest absolute Gasteiger partial charge is 0.309 e. The monoisotopic (exact) mass is 652 g/mol. The van der Waals surface area contributed by atoms with Gasteiger partial charge in [0.1, 0.15) is 0 Å². The van der Waals surface area contributed by atoms with Crippen LogP contribution in [0.3, 0.4) is 0 Å². The molecule has 0 aliphatic rings. The first-order valence-electron chi connectivity index (χ1n) is 16.4. The van der Waals surface area contributed by atoms with Gasteiger partial charge in [-0.15, -0.1) is 0 Å². The summed E-state index contributed by atoms with van der Waals surface area (Å²) in [6.45, 7) is 0. The van der Waals surface area contributed by atoms with E-state index in [-0.39, 0.29) is 0 Å². The van der Waals surface area contributed by atoms with Crippen LogP contribution in [0.1, 0.15) is 16.7 Å². The van der Waals surface area contributed by atoms with Crippen LogP contribution < -0.4 is 20.7 Å². The highest BCUT2D eigenvalue weighted by Gasteiger charge is 2.42. The van der Waals surface area contributed by atoms with E-state index in [2.05, 4.69) is 114 Å². The third-order valence-corrected chi connectivity index (χ3v) is 14.4. The third-order valence-electron chi connectivity index (χ3n) is 9.61. The van der Waals surface area contributed by atoms with Gasteiger partial charge in [0, 0.05) is 16.3 Å². The summed E-state index contributed by atoms with van der Waals surface area (Å²) >= 11 is 0. The molecule has 0 radical (unpaired) electrons. The van der Waals surface area contributed by atoms with Gasteiger partial charge in [-0.3, -0.25) is 0 Å². The van der Waals surface area contributed by atoms with Gasteiger partial charge in [-0.2, -0.15) is 15.8 Å². The first-order chi connectivity index (χ1) is 24.7. The van der Waals surface area contributed by atoms with Crippen LogP contribution in [0.4, 0.5) is 0 Å². The molecule has 8 aromatic rings. The zero-order valence-corrected chi connectivity index (χ0v) is 28.0. The minimum Gasteiger partial charge on any atom is -0.309 e. The maximum Gasteiger partial charge on any atom is 0.179 e. The van der Waals surface area contributed by atoms with Crippen molar-refractivity contribution < 1.29 is 0 Å². The Labute approximate surface area is 291 Å². The highest BCUT2D eigenvalue weighted by Crippen LogP contribution is 2.38. The van der Waals surface area contributed by atoms with Gasteiger partial charge in [-0.1, -0.05) is 121 Å². The number of hydrogen-bond acceptors (Lipinski definition) is 3. The number of hydrogen-bond donors (Lipinski definition) is 0. The summed E-state index contributed by atoms with van der Waals surface area (Å²) in [7, 11) is -2.99. The van der Waals surface area contributed by atoms with Gasteiger partial charge >= 0.3 is 0 Å². The van der Waals surface area contributed by atoms with Crippen LogP contribution in [-0.2, 0) is 0 Å². The number of rotatable bonds is 6. The fraction of sp³-hybridized carbons (Fsp3) is 0. The number of nitriles is 3. The van der Waals surface area contributed by atoms with E-state index < -0.39 is 8.07 Å². The van der Waals surface area contributed by atoms with E-state index in [9.17, 15) is 15.8 Å². The van der Waals surface area contributed by atoms with Gasteiger partial charge in [0.05, 0.1) is 51.6 Å². The maximum absolute atomic E-state index is 10.6. The molecule has 0 bridgehead atoms. The van der Waals surface area contributed by atoms with Crippen molar-refractivity contribution >= 4 is 50.6 Å². The Morgan fingerprint density at radius 3 is 1.60 bits per heavy atom. The van der Waals surface area contributed by atoms with E-state index in [4.69, 9.17) is 0 Å². The Kier molecular flexibility index (Phi) is 7.63. The van der Waals surface area contributed by atoms with Crippen molar-refractivity contribution in [3.05, 3.63) is 187 Å². The lowest BCUT2D eigenvalue weighted by Gasteiger charge is -2.35. The molecule has 50 heavy (non-hydrogen) atoms. The molecule has 0 amide bonds. The summed E-state index contributed by atoms with van der Waals surface area (Å²) < 4.78 is 2.18. The second-order valence-corrected chi connectivity index (χ2v) is 16.1. The normalized spacial score (nSPS) is 11.1.